The predicted molar refractivity (Wildman–Crippen MR) is 97.5 cm³/mol. The number of methoxy groups -OCH3 is 1. The molecule has 6 nitrogen and oxygen atoms in total. The molecular formula is C17H24N4O2S. The van der Waals surface area contributed by atoms with Gasteiger partial charge in [-0.3, -0.25) is 0 Å². The maximum absolute atomic E-state index is 10.6. The molecule has 7 heteroatoms. The third-order valence-corrected chi connectivity index (χ3v) is 4.20. The highest BCUT2D eigenvalue weighted by Gasteiger charge is 2.23. The highest BCUT2D eigenvalue weighted by atomic mass is 32.1. The van der Waals surface area contributed by atoms with Crippen LogP contribution in [-0.4, -0.2) is 36.2 Å². The average Bonchev–Trinajstić information content (AvgIpc) is 3.13. The van der Waals surface area contributed by atoms with Crippen LogP contribution in [0.15, 0.2) is 40.1 Å². The summed E-state index contributed by atoms with van der Waals surface area (Å²) < 4.78 is 5.05. The van der Waals surface area contributed by atoms with Crippen LogP contribution in [-0.2, 0) is 12.1 Å². The molecule has 2 aromatic rings. The predicted octanol–water partition coefficient (Wildman–Crippen LogP) is 2.11. The SMILES string of the molecule is CCNC(=NCc1ccc(OC)nc1)NCC(C)(O)c1ccsc1. The normalized spacial score (nSPS) is 14.1. The Morgan fingerprint density at radius 3 is 2.79 bits per heavy atom. The second-order valence-corrected chi connectivity index (χ2v) is 6.32. The highest BCUT2D eigenvalue weighted by Crippen LogP contribution is 2.21. The molecule has 0 fully saturated rings. The summed E-state index contributed by atoms with van der Waals surface area (Å²) in [4.78, 5) is 8.70. The van der Waals surface area contributed by atoms with Crippen molar-refractivity contribution < 1.29 is 9.84 Å². The minimum atomic E-state index is -0.947. The van der Waals surface area contributed by atoms with E-state index >= 15 is 0 Å². The highest BCUT2D eigenvalue weighted by molar-refractivity contribution is 7.08. The van der Waals surface area contributed by atoms with E-state index in [1.54, 1.807) is 31.6 Å². The standard InChI is InChI=1S/C17H24N4O2S/c1-4-18-16(20-10-13-5-6-15(23-3)19-9-13)21-12-17(2,22)14-7-8-24-11-14/h5-9,11,22H,4,10,12H2,1-3H3,(H2,18,20,21). The Morgan fingerprint density at radius 2 is 2.21 bits per heavy atom. The van der Waals surface area contributed by atoms with Gasteiger partial charge in [0.2, 0.25) is 5.88 Å². The topological polar surface area (TPSA) is 78.8 Å². The van der Waals surface area contributed by atoms with E-state index in [9.17, 15) is 5.11 Å². The van der Waals surface area contributed by atoms with Crippen LogP contribution in [0.4, 0.5) is 0 Å². The molecule has 130 valence electrons. The minimum Gasteiger partial charge on any atom is -0.481 e. The van der Waals surface area contributed by atoms with Gasteiger partial charge in [-0.15, -0.1) is 0 Å². The van der Waals surface area contributed by atoms with Gasteiger partial charge in [0.1, 0.15) is 5.60 Å². The maximum atomic E-state index is 10.6. The van der Waals surface area contributed by atoms with Crippen LogP contribution in [0.2, 0.25) is 0 Å². The first kappa shape index (κ1) is 18.2. The molecule has 0 amide bonds. The van der Waals surface area contributed by atoms with E-state index in [0.29, 0.717) is 24.9 Å². The van der Waals surface area contributed by atoms with E-state index in [2.05, 4.69) is 20.6 Å². The van der Waals surface area contributed by atoms with Crippen molar-refractivity contribution in [1.29, 1.82) is 0 Å². The molecule has 2 heterocycles. The van der Waals surface area contributed by atoms with Crippen molar-refractivity contribution in [1.82, 2.24) is 15.6 Å². The lowest BCUT2D eigenvalue weighted by molar-refractivity contribution is 0.0621. The van der Waals surface area contributed by atoms with Crippen molar-refractivity contribution in [2.75, 3.05) is 20.2 Å². The Balaban J connectivity index is 1.97. The molecule has 0 bridgehead atoms. The van der Waals surface area contributed by atoms with Gasteiger partial charge in [-0.2, -0.15) is 11.3 Å². The van der Waals surface area contributed by atoms with Crippen molar-refractivity contribution in [3.05, 3.63) is 46.3 Å². The number of rotatable bonds is 7. The molecule has 0 aromatic carbocycles. The van der Waals surface area contributed by atoms with Crippen molar-refractivity contribution in [3.8, 4) is 5.88 Å². The zero-order valence-corrected chi connectivity index (χ0v) is 15.1. The number of aliphatic hydroxyl groups is 1. The molecule has 24 heavy (non-hydrogen) atoms. The maximum Gasteiger partial charge on any atom is 0.212 e. The van der Waals surface area contributed by atoms with Crippen LogP contribution < -0.4 is 15.4 Å². The molecule has 1 atom stereocenters. The van der Waals surface area contributed by atoms with E-state index in [1.165, 1.54) is 0 Å². The Labute approximate surface area is 146 Å². The number of hydrogen-bond donors (Lipinski definition) is 3. The molecule has 0 saturated heterocycles. The summed E-state index contributed by atoms with van der Waals surface area (Å²) in [6.45, 7) is 5.40. The van der Waals surface area contributed by atoms with Crippen LogP contribution in [0.1, 0.15) is 25.0 Å². The number of guanidine groups is 1. The number of thiophene rings is 1. The van der Waals surface area contributed by atoms with Crippen molar-refractivity contribution in [3.63, 3.8) is 0 Å². The number of aromatic nitrogens is 1. The van der Waals surface area contributed by atoms with Gasteiger partial charge in [0.05, 0.1) is 20.2 Å². The lowest BCUT2D eigenvalue weighted by Crippen LogP contribution is -2.44. The smallest absolute Gasteiger partial charge is 0.212 e. The first-order valence-corrected chi connectivity index (χ1v) is 8.75. The number of ether oxygens (including phenoxy) is 1. The van der Waals surface area contributed by atoms with E-state index < -0.39 is 5.60 Å². The zero-order valence-electron chi connectivity index (χ0n) is 14.2. The monoisotopic (exact) mass is 348 g/mol. The molecule has 0 aliphatic rings. The summed E-state index contributed by atoms with van der Waals surface area (Å²) in [5.74, 6) is 1.24. The number of pyridine rings is 1. The van der Waals surface area contributed by atoms with Crippen molar-refractivity contribution in [2.24, 2.45) is 4.99 Å². The average molecular weight is 348 g/mol. The third kappa shape index (κ3) is 5.21. The lowest BCUT2D eigenvalue weighted by atomic mass is 9.99. The van der Waals surface area contributed by atoms with Gasteiger partial charge >= 0.3 is 0 Å². The van der Waals surface area contributed by atoms with E-state index in [0.717, 1.165) is 17.7 Å². The summed E-state index contributed by atoms with van der Waals surface area (Å²) >= 11 is 1.57. The van der Waals surface area contributed by atoms with Crippen LogP contribution >= 0.6 is 11.3 Å². The van der Waals surface area contributed by atoms with E-state index in [4.69, 9.17) is 4.74 Å². The Kier molecular flexibility index (Phi) is 6.57. The van der Waals surface area contributed by atoms with Crippen molar-refractivity contribution in [2.45, 2.75) is 26.0 Å². The fourth-order valence-corrected chi connectivity index (χ4v) is 2.85. The van der Waals surface area contributed by atoms with Crippen LogP contribution in [0.5, 0.6) is 5.88 Å². The van der Waals surface area contributed by atoms with Gasteiger partial charge in [0.25, 0.3) is 0 Å². The van der Waals surface area contributed by atoms with Gasteiger partial charge < -0.3 is 20.5 Å². The Bertz CT molecular complexity index is 639. The molecule has 0 aliphatic heterocycles. The molecular weight excluding hydrogens is 324 g/mol. The molecule has 0 aliphatic carbocycles. The summed E-state index contributed by atoms with van der Waals surface area (Å²) in [5.41, 5.74) is 0.936. The van der Waals surface area contributed by atoms with Gasteiger partial charge in [-0.25, -0.2) is 9.98 Å². The largest absolute Gasteiger partial charge is 0.481 e. The molecule has 2 rings (SSSR count). The molecule has 0 radical (unpaired) electrons. The quantitative estimate of drug-likeness (QED) is 0.528. The van der Waals surface area contributed by atoms with Crippen LogP contribution in [0.25, 0.3) is 0 Å². The summed E-state index contributed by atoms with van der Waals surface area (Å²) in [6.07, 6.45) is 1.74. The van der Waals surface area contributed by atoms with Gasteiger partial charge in [0, 0.05) is 18.8 Å². The summed E-state index contributed by atoms with van der Waals surface area (Å²) in [6, 6.07) is 5.67. The molecule has 3 N–H and O–H groups in total. The Hall–Kier alpha value is -2.12. The van der Waals surface area contributed by atoms with E-state index in [1.807, 2.05) is 35.9 Å². The first-order chi connectivity index (χ1) is 11.5. The van der Waals surface area contributed by atoms with Crippen LogP contribution in [0.3, 0.4) is 0 Å². The van der Waals surface area contributed by atoms with Crippen molar-refractivity contribution >= 4 is 17.3 Å². The zero-order chi connectivity index (χ0) is 17.4. The van der Waals surface area contributed by atoms with Gasteiger partial charge in [0.15, 0.2) is 5.96 Å². The van der Waals surface area contributed by atoms with Crippen LogP contribution in [0, 0.1) is 0 Å². The number of nitrogens with one attached hydrogen (secondary N) is 2. The Morgan fingerprint density at radius 1 is 1.38 bits per heavy atom. The lowest BCUT2D eigenvalue weighted by Gasteiger charge is -2.24. The van der Waals surface area contributed by atoms with Gasteiger partial charge in [-0.1, -0.05) is 6.07 Å². The first-order valence-electron chi connectivity index (χ1n) is 7.81. The fraction of sp³-hybridized carbons (Fsp3) is 0.412. The summed E-state index contributed by atoms with van der Waals surface area (Å²) in [7, 11) is 1.59. The second kappa shape index (κ2) is 8.65. The fourth-order valence-electron chi connectivity index (χ4n) is 2.07. The second-order valence-electron chi connectivity index (χ2n) is 5.54. The minimum absolute atomic E-state index is 0.371. The molecule has 0 saturated carbocycles. The van der Waals surface area contributed by atoms with Gasteiger partial charge in [-0.05, 0) is 41.8 Å². The third-order valence-electron chi connectivity index (χ3n) is 3.51. The number of hydrogen-bond acceptors (Lipinski definition) is 5. The molecule has 1 unspecified atom stereocenters. The van der Waals surface area contributed by atoms with E-state index in [-0.39, 0.29) is 0 Å². The number of aliphatic imine (C=N–C) groups is 1. The summed E-state index contributed by atoms with van der Waals surface area (Å²) in [5, 5.41) is 20.9. The number of nitrogens with zero attached hydrogens (tertiary/aromatic N) is 2. The molecule has 2 aromatic heterocycles. The molecule has 0 spiro atoms.